The van der Waals surface area contributed by atoms with Gasteiger partial charge in [-0.05, 0) is 29.0 Å². The van der Waals surface area contributed by atoms with Crippen LogP contribution in [0.5, 0.6) is 0 Å². The maximum Gasteiger partial charge on any atom is 0.324 e. The highest BCUT2D eigenvalue weighted by atomic mass is 32.2. The van der Waals surface area contributed by atoms with Gasteiger partial charge in [-0.2, -0.15) is 0 Å². The zero-order valence-corrected chi connectivity index (χ0v) is 11.3. The zero-order chi connectivity index (χ0) is 12.8. The van der Waals surface area contributed by atoms with Gasteiger partial charge in [0.1, 0.15) is 5.69 Å². The number of hydrogen-bond acceptors (Lipinski definition) is 5. The number of urea groups is 1. The van der Waals surface area contributed by atoms with Crippen LogP contribution in [0.2, 0.25) is 0 Å². The Morgan fingerprint density at radius 3 is 2.78 bits per heavy atom. The molecule has 2 amide bonds. The highest BCUT2D eigenvalue weighted by molar-refractivity contribution is 7.97. The summed E-state index contributed by atoms with van der Waals surface area (Å²) in [6, 6.07) is 7.87. The lowest BCUT2D eigenvalue weighted by Crippen LogP contribution is -2.27. The van der Waals surface area contributed by atoms with E-state index in [2.05, 4.69) is 19.6 Å². The Balaban J connectivity index is 1.90. The molecule has 1 aromatic heterocycles. The molecule has 0 unspecified atom stereocenters. The Bertz CT molecular complexity index is 498. The minimum Gasteiger partial charge on any atom is -0.341 e. The van der Waals surface area contributed by atoms with Crippen LogP contribution in [0.1, 0.15) is 5.56 Å². The average molecular weight is 280 g/mol. The first-order valence-electron chi connectivity index (χ1n) is 5.25. The van der Waals surface area contributed by atoms with Gasteiger partial charge in [0.2, 0.25) is 0 Å². The largest absolute Gasteiger partial charge is 0.341 e. The van der Waals surface area contributed by atoms with Crippen molar-refractivity contribution in [2.45, 2.75) is 5.75 Å². The summed E-state index contributed by atoms with van der Waals surface area (Å²) in [6.07, 6.45) is 0. The summed E-state index contributed by atoms with van der Waals surface area (Å²) in [6.45, 7) is 0. The molecule has 2 N–H and O–H groups in total. The summed E-state index contributed by atoms with van der Waals surface area (Å²) in [4.78, 5) is 11.0. The molecular weight excluding hydrogens is 268 g/mol. The van der Waals surface area contributed by atoms with Gasteiger partial charge in [-0.25, -0.2) is 4.79 Å². The first kappa shape index (κ1) is 12.8. The van der Waals surface area contributed by atoms with E-state index in [4.69, 9.17) is 0 Å². The van der Waals surface area contributed by atoms with Gasteiger partial charge in [-0.15, -0.1) is 5.10 Å². The molecule has 0 fully saturated rings. The minimum atomic E-state index is -0.190. The van der Waals surface area contributed by atoms with Crippen molar-refractivity contribution in [3.63, 3.8) is 0 Å². The molecule has 18 heavy (non-hydrogen) atoms. The minimum absolute atomic E-state index is 0.190. The molecule has 5 nitrogen and oxygen atoms in total. The molecule has 2 rings (SSSR count). The van der Waals surface area contributed by atoms with Crippen LogP contribution in [0, 0.1) is 0 Å². The molecule has 1 aromatic carbocycles. The van der Waals surface area contributed by atoms with Crippen LogP contribution >= 0.6 is 23.5 Å². The van der Waals surface area contributed by atoms with Crippen LogP contribution in [0.15, 0.2) is 29.6 Å². The molecule has 0 aliphatic heterocycles. The second-order valence-electron chi connectivity index (χ2n) is 3.46. The molecule has 2 aromatic rings. The van der Waals surface area contributed by atoms with Crippen molar-refractivity contribution >= 4 is 29.5 Å². The molecule has 0 aliphatic carbocycles. The van der Waals surface area contributed by atoms with Gasteiger partial charge >= 0.3 is 6.03 Å². The van der Waals surface area contributed by atoms with E-state index >= 15 is 0 Å². The van der Waals surface area contributed by atoms with Crippen molar-refractivity contribution in [2.24, 2.45) is 0 Å². The van der Waals surface area contributed by atoms with Gasteiger partial charge in [0.15, 0.2) is 0 Å². The SMILES string of the molecule is CNC(=O)NSCc1ccc(-c2csnn2)cc1. The smallest absolute Gasteiger partial charge is 0.324 e. The molecular formula is C11H12N4OS2. The summed E-state index contributed by atoms with van der Waals surface area (Å²) in [5, 5.41) is 8.42. The van der Waals surface area contributed by atoms with Crippen molar-refractivity contribution in [3.8, 4) is 11.3 Å². The van der Waals surface area contributed by atoms with Crippen LogP contribution in [-0.4, -0.2) is 22.7 Å². The van der Waals surface area contributed by atoms with E-state index in [1.165, 1.54) is 23.5 Å². The molecule has 0 spiro atoms. The predicted molar refractivity (Wildman–Crippen MR) is 74.2 cm³/mol. The van der Waals surface area contributed by atoms with Crippen LogP contribution in [0.4, 0.5) is 4.79 Å². The monoisotopic (exact) mass is 280 g/mol. The Morgan fingerprint density at radius 2 is 2.17 bits per heavy atom. The number of carbonyl (C=O) groups excluding carboxylic acids is 1. The molecule has 7 heteroatoms. The van der Waals surface area contributed by atoms with E-state index in [9.17, 15) is 4.79 Å². The summed E-state index contributed by atoms with van der Waals surface area (Å²) in [5.74, 6) is 0.725. The highest BCUT2D eigenvalue weighted by Gasteiger charge is 2.01. The Kier molecular flexibility index (Phi) is 4.54. The topological polar surface area (TPSA) is 66.9 Å². The van der Waals surface area contributed by atoms with Crippen molar-refractivity contribution in [1.82, 2.24) is 19.6 Å². The van der Waals surface area contributed by atoms with Gasteiger partial charge in [0.25, 0.3) is 0 Å². The molecule has 94 valence electrons. The molecule has 1 heterocycles. The van der Waals surface area contributed by atoms with Crippen molar-refractivity contribution in [1.29, 1.82) is 0 Å². The standard InChI is InChI=1S/C11H12N4OS2/c1-12-11(16)14-17-6-8-2-4-9(5-3-8)10-7-18-15-13-10/h2-5,7H,6H2,1H3,(H2,12,14,16). The molecule has 0 saturated carbocycles. The number of hydrogen-bond donors (Lipinski definition) is 2. The zero-order valence-electron chi connectivity index (χ0n) is 9.71. The van der Waals surface area contributed by atoms with Crippen molar-refractivity contribution in [3.05, 3.63) is 35.2 Å². The summed E-state index contributed by atoms with van der Waals surface area (Å²) < 4.78 is 6.50. The fourth-order valence-corrected chi connectivity index (χ4v) is 2.43. The molecule has 0 bridgehead atoms. The van der Waals surface area contributed by atoms with Crippen LogP contribution in [-0.2, 0) is 5.75 Å². The highest BCUT2D eigenvalue weighted by Crippen LogP contribution is 2.19. The number of nitrogens with zero attached hydrogens (tertiary/aromatic N) is 2. The van der Waals surface area contributed by atoms with Crippen LogP contribution in [0.25, 0.3) is 11.3 Å². The molecule has 0 atom stereocenters. The first-order valence-corrected chi connectivity index (χ1v) is 7.07. The van der Waals surface area contributed by atoms with Crippen LogP contribution in [0.3, 0.4) is 0 Å². The van der Waals surface area contributed by atoms with E-state index in [1.54, 1.807) is 7.05 Å². The van der Waals surface area contributed by atoms with E-state index in [0.29, 0.717) is 0 Å². The maximum absolute atomic E-state index is 11.0. The van der Waals surface area contributed by atoms with Gasteiger partial charge < -0.3 is 5.32 Å². The number of amides is 2. The van der Waals surface area contributed by atoms with Gasteiger partial charge in [-0.3, -0.25) is 4.72 Å². The fraction of sp³-hybridized carbons (Fsp3) is 0.182. The van der Waals surface area contributed by atoms with Crippen LogP contribution < -0.4 is 10.0 Å². The summed E-state index contributed by atoms with van der Waals surface area (Å²) >= 11 is 2.69. The third kappa shape index (κ3) is 3.44. The predicted octanol–water partition coefficient (Wildman–Crippen LogP) is 2.28. The lowest BCUT2D eigenvalue weighted by molar-refractivity contribution is 0.248. The van der Waals surface area contributed by atoms with E-state index in [-0.39, 0.29) is 6.03 Å². The van der Waals surface area contributed by atoms with Crippen molar-refractivity contribution < 1.29 is 4.79 Å². The normalized spacial score (nSPS) is 10.1. The summed E-state index contributed by atoms with van der Waals surface area (Å²) in [7, 11) is 1.59. The lowest BCUT2D eigenvalue weighted by Gasteiger charge is -2.04. The van der Waals surface area contributed by atoms with E-state index < -0.39 is 0 Å². The molecule has 0 radical (unpaired) electrons. The third-order valence-electron chi connectivity index (χ3n) is 2.24. The first-order chi connectivity index (χ1) is 8.79. The number of benzene rings is 1. The fourth-order valence-electron chi connectivity index (χ4n) is 1.30. The van der Waals surface area contributed by atoms with E-state index in [1.807, 2.05) is 29.6 Å². The maximum atomic E-state index is 11.0. The third-order valence-corrected chi connectivity index (χ3v) is 3.55. The Labute approximate surface area is 113 Å². The van der Waals surface area contributed by atoms with Crippen molar-refractivity contribution in [2.75, 3.05) is 7.05 Å². The number of carbonyl (C=O) groups is 1. The number of rotatable bonds is 4. The molecule has 0 saturated heterocycles. The lowest BCUT2D eigenvalue weighted by atomic mass is 10.1. The Morgan fingerprint density at radius 1 is 1.39 bits per heavy atom. The van der Waals surface area contributed by atoms with E-state index in [0.717, 1.165) is 22.6 Å². The second-order valence-corrected chi connectivity index (χ2v) is 4.85. The second kappa shape index (κ2) is 6.36. The quantitative estimate of drug-likeness (QED) is 0.843. The molecule has 0 aliphatic rings. The number of aromatic nitrogens is 2. The van der Waals surface area contributed by atoms with Gasteiger partial charge in [0, 0.05) is 23.7 Å². The van der Waals surface area contributed by atoms with Gasteiger partial charge in [0.05, 0.1) is 0 Å². The Hall–Kier alpha value is -1.60. The average Bonchev–Trinajstić information content (AvgIpc) is 2.93. The number of nitrogens with one attached hydrogen (secondary N) is 2. The van der Waals surface area contributed by atoms with Gasteiger partial charge in [-0.1, -0.05) is 28.8 Å². The summed E-state index contributed by atoms with van der Waals surface area (Å²) in [5.41, 5.74) is 3.09.